The maximum Gasteiger partial charge on any atom is 0.0820 e. The normalized spacial score (nSPS) is 12.4. The van der Waals surface area contributed by atoms with Crippen LogP contribution in [0.1, 0.15) is 6.92 Å². The number of nitrogens with one attached hydrogen (secondary N) is 1. The summed E-state index contributed by atoms with van der Waals surface area (Å²) in [5.41, 5.74) is 0.899. The van der Waals surface area contributed by atoms with Gasteiger partial charge in [-0.05, 0) is 19.1 Å². The summed E-state index contributed by atoms with van der Waals surface area (Å²) >= 11 is 6.00. The molecule has 0 radical (unpaired) electrons. The molecule has 16 heavy (non-hydrogen) atoms. The Morgan fingerprint density at radius 3 is 3.06 bits per heavy atom. The second-order valence-corrected chi connectivity index (χ2v) is 4.04. The Labute approximate surface area is 99.3 Å². The highest BCUT2D eigenvalue weighted by molar-refractivity contribution is 6.33. The fourth-order valence-corrected chi connectivity index (χ4v) is 1.67. The Morgan fingerprint density at radius 1 is 1.50 bits per heavy atom. The summed E-state index contributed by atoms with van der Waals surface area (Å²) in [6, 6.07) is 4.02. The lowest BCUT2D eigenvalue weighted by molar-refractivity contribution is 0.561. The standard InChI is InChI=1S/C11H13ClN4/c1-9(8-16-6-2-4-14-16)15-11-3-5-13-7-10(11)12/h2-7,9H,8H2,1H3,(H,13,15). The molecule has 0 aliphatic heterocycles. The quantitative estimate of drug-likeness (QED) is 0.887. The highest BCUT2D eigenvalue weighted by Gasteiger charge is 2.05. The summed E-state index contributed by atoms with van der Waals surface area (Å²) < 4.78 is 1.88. The molecular formula is C11H13ClN4. The van der Waals surface area contributed by atoms with Crippen LogP contribution in [0.2, 0.25) is 5.02 Å². The van der Waals surface area contributed by atoms with Crippen LogP contribution >= 0.6 is 11.6 Å². The number of pyridine rings is 1. The molecular weight excluding hydrogens is 224 g/mol. The van der Waals surface area contributed by atoms with Crippen LogP contribution in [-0.2, 0) is 6.54 Å². The molecule has 4 nitrogen and oxygen atoms in total. The van der Waals surface area contributed by atoms with Crippen LogP contribution in [0, 0.1) is 0 Å². The molecule has 0 aromatic carbocycles. The second kappa shape index (κ2) is 4.99. The number of nitrogens with zero attached hydrogens (tertiary/aromatic N) is 3. The van der Waals surface area contributed by atoms with Gasteiger partial charge in [-0.3, -0.25) is 9.67 Å². The zero-order chi connectivity index (χ0) is 11.4. The topological polar surface area (TPSA) is 42.7 Å². The van der Waals surface area contributed by atoms with Crippen molar-refractivity contribution in [3.63, 3.8) is 0 Å². The lowest BCUT2D eigenvalue weighted by Crippen LogP contribution is -2.22. The molecule has 0 spiro atoms. The van der Waals surface area contributed by atoms with E-state index in [2.05, 4.69) is 22.3 Å². The molecule has 0 amide bonds. The van der Waals surface area contributed by atoms with Crippen LogP contribution in [-0.4, -0.2) is 20.8 Å². The molecule has 1 N–H and O–H groups in total. The van der Waals surface area contributed by atoms with Crippen LogP contribution in [0.15, 0.2) is 36.9 Å². The van der Waals surface area contributed by atoms with Gasteiger partial charge in [-0.25, -0.2) is 0 Å². The second-order valence-electron chi connectivity index (χ2n) is 3.63. The highest BCUT2D eigenvalue weighted by atomic mass is 35.5. The zero-order valence-electron chi connectivity index (χ0n) is 8.97. The Morgan fingerprint density at radius 2 is 2.38 bits per heavy atom. The van der Waals surface area contributed by atoms with Gasteiger partial charge in [0.05, 0.1) is 17.3 Å². The number of rotatable bonds is 4. The van der Waals surface area contributed by atoms with E-state index < -0.39 is 0 Å². The van der Waals surface area contributed by atoms with Crippen LogP contribution in [0.3, 0.4) is 0 Å². The van der Waals surface area contributed by atoms with Crippen molar-refractivity contribution in [3.8, 4) is 0 Å². The third kappa shape index (κ3) is 2.73. The maximum atomic E-state index is 6.00. The molecule has 84 valence electrons. The first-order valence-corrected chi connectivity index (χ1v) is 5.47. The average molecular weight is 237 g/mol. The molecule has 0 saturated heterocycles. The minimum absolute atomic E-state index is 0.250. The van der Waals surface area contributed by atoms with E-state index in [-0.39, 0.29) is 6.04 Å². The monoisotopic (exact) mass is 236 g/mol. The number of aromatic nitrogens is 3. The fourth-order valence-electron chi connectivity index (χ4n) is 1.49. The summed E-state index contributed by atoms with van der Waals surface area (Å²) in [4.78, 5) is 3.94. The molecule has 2 aromatic heterocycles. The third-order valence-electron chi connectivity index (χ3n) is 2.19. The van der Waals surface area contributed by atoms with Gasteiger partial charge in [0.15, 0.2) is 0 Å². The first-order valence-electron chi connectivity index (χ1n) is 5.09. The predicted molar refractivity (Wildman–Crippen MR) is 64.6 cm³/mol. The van der Waals surface area contributed by atoms with Crippen LogP contribution in [0.5, 0.6) is 0 Å². The molecule has 5 heteroatoms. The van der Waals surface area contributed by atoms with Crippen molar-refractivity contribution in [1.82, 2.24) is 14.8 Å². The van der Waals surface area contributed by atoms with Crippen LogP contribution in [0.25, 0.3) is 0 Å². The van der Waals surface area contributed by atoms with E-state index in [4.69, 9.17) is 11.6 Å². The molecule has 0 aliphatic rings. The van der Waals surface area contributed by atoms with Crippen molar-refractivity contribution in [3.05, 3.63) is 41.9 Å². The Hall–Kier alpha value is -1.55. The summed E-state index contributed by atoms with van der Waals surface area (Å²) in [5.74, 6) is 0. The predicted octanol–water partition coefficient (Wildman–Crippen LogP) is 2.43. The lowest BCUT2D eigenvalue weighted by atomic mass is 10.3. The van der Waals surface area contributed by atoms with Gasteiger partial charge in [-0.2, -0.15) is 5.10 Å². The van der Waals surface area contributed by atoms with Crippen molar-refractivity contribution in [2.24, 2.45) is 0 Å². The SMILES string of the molecule is CC(Cn1cccn1)Nc1ccncc1Cl. The summed E-state index contributed by atoms with van der Waals surface area (Å²) in [5, 5.41) is 8.10. The number of halogens is 1. The minimum Gasteiger partial charge on any atom is -0.379 e. The fraction of sp³-hybridized carbons (Fsp3) is 0.273. The van der Waals surface area contributed by atoms with E-state index in [0.29, 0.717) is 5.02 Å². The van der Waals surface area contributed by atoms with Crippen molar-refractivity contribution in [2.75, 3.05) is 5.32 Å². The van der Waals surface area contributed by atoms with E-state index in [1.807, 2.05) is 23.0 Å². The molecule has 1 unspecified atom stereocenters. The molecule has 2 rings (SSSR count). The Balaban J connectivity index is 1.97. The summed E-state index contributed by atoms with van der Waals surface area (Å²) in [7, 11) is 0. The number of hydrogen-bond donors (Lipinski definition) is 1. The van der Waals surface area contributed by atoms with Gasteiger partial charge in [-0.15, -0.1) is 0 Å². The highest BCUT2D eigenvalue weighted by Crippen LogP contribution is 2.20. The van der Waals surface area contributed by atoms with Crippen molar-refractivity contribution in [2.45, 2.75) is 19.5 Å². The number of hydrogen-bond acceptors (Lipinski definition) is 3. The Kier molecular flexibility index (Phi) is 3.41. The van der Waals surface area contributed by atoms with Crippen molar-refractivity contribution >= 4 is 17.3 Å². The van der Waals surface area contributed by atoms with E-state index >= 15 is 0 Å². The Bertz CT molecular complexity index is 441. The first-order chi connectivity index (χ1) is 7.75. The lowest BCUT2D eigenvalue weighted by Gasteiger charge is -2.15. The van der Waals surface area contributed by atoms with Gasteiger partial charge in [0.2, 0.25) is 0 Å². The zero-order valence-corrected chi connectivity index (χ0v) is 9.72. The average Bonchev–Trinajstić information content (AvgIpc) is 2.74. The van der Waals surface area contributed by atoms with Gasteiger partial charge in [-0.1, -0.05) is 11.6 Å². The van der Waals surface area contributed by atoms with Gasteiger partial charge < -0.3 is 5.32 Å². The van der Waals surface area contributed by atoms with Gasteiger partial charge in [0.25, 0.3) is 0 Å². The molecule has 0 saturated carbocycles. The molecule has 0 bridgehead atoms. The molecule has 2 aromatic rings. The molecule has 1 atom stereocenters. The molecule has 0 aliphatic carbocycles. The van der Waals surface area contributed by atoms with Gasteiger partial charge in [0.1, 0.15) is 0 Å². The number of anilines is 1. The van der Waals surface area contributed by atoms with E-state index in [0.717, 1.165) is 12.2 Å². The maximum absolute atomic E-state index is 6.00. The molecule has 0 fully saturated rings. The van der Waals surface area contributed by atoms with Gasteiger partial charge in [0, 0.05) is 30.8 Å². The van der Waals surface area contributed by atoms with E-state index in [9.17, 15) is 0 Å². The first kappa shape index (κ1) is 11.0. The van der Waals surface area contributed by atoms with Crippen LogP contribution in [0.4, 0.5) is 5.69 Å². The van der Waals surface area contributed by atoms with Crippen molar-refractivity contribution in [1.29, 1.82) is 0 Å². The summed E-state index contributed by atoms with van der Waals surface area (Å²) in [6.07, 6.45) is 7.05. The summed E-state index contributed by atoms with van der Waals surface area (Å²) in [6.45, 7) is 2.88. The third-order valence-corrected chi connectivity index (χ3v) is 2.50. The molecule has 2 heterocycles. The van der Waals surface area contributed by atoms with E-state index in [1.165, 1.54) is 0 Å². The van der Waals surface area contributed by atoms with Gasteiger partial charge >= 0.3 is 0 Å². The smallest absolute Gasteiger partial charge is 0.0820 e. The van der Waals surface area contributed by atoms with E-state index in [1.54, 1.807) is 18.6 Å². The largest absolute Gasteiger partial charge is 0.379 e. The minimum atomic E-state index is 0.250. The van der Waals surface area contributed by atoms with Crippen LogP contribution < -0.4 is 5.32 Å². The van der Waals surface area contributed by atoms with Crippen molar-refractivity contribution < 1.29 is 0 Å².